The first-order valence-electron chi connectivity index (χ1n) is 7.47. The van der Waals surface area contributed by atoms with Gasteiger partial charge in [-0.05, 0) is 11.5 Å². The van der Waals surface area contributed by atoms with Crippen LogP contribution in [0, 0.1) is 5.41 Å². The predicted octanol–water partition coefficient (Wildman–Crippen LogP) is 2.77. The second-order valence-corrected chi connectivity index (χ2v) is 6.73. The van der Waals surface area contributed by atoms with Crippen LogP contribution in [0.15, 0.2) is 12.1 Å². The number of alkyl halides is 2. The van der Waals surface area contributed by atoms with E-state index in [0.717, 1.165) is 0 Å². The molecule has 0 saturated carbocycles. The quantitative estimate of drug-likeness (QED) is 0.850. The van der Waals surface area contributed by atoms with Crippen LogP contribution in [-0.2, 0) is 11.3 Å². The number of halogens is 3. The minimum absolute atomic E-state index is 0. The van der Waals surface area contributed by atoms with Gasteiger partial charge in [0.05, 0.1) is 6.04 Å². The number of hydrogen-bond donors (Lipinski definition) is 1. The molecule has 6 nitrogen and oxygen atoms in total. The zero-order valence-corrected chi connectivity index (χ0v) is 15.4. The van der Waals surface area contributed by atoms with Crippen molar-refractivity contribution in [1.82, 2.24) is 4.90 Å². The lowest BCUT2D eigenvalue weighted by Crippen LogP contribution is -2.48. The summed E-state index contributed by atoms with van der Waals surface area (Å²) in [6.45, 7) is 2.65. The Hall–Kier alpha value is -1.80. The highest BCUT2D eigenvalue weighted by molar-refractivity contribution is 5.85. The number of hydrogen-bond acceptors (Lipinski definition) is 5. The number of nitrogens with zero attached hydrogens (tertiary/aromatic N) is 1. The molecule has 25 heavy (non-hydrogen) atoms. The molecule has 1 aliphatic heterocycles. The first-order chi connectivity index (χ1) is 11.1. The van der Waals surface area contributed by atoms with Crippen LogP contribution in [0.4, 0.5) is 8.78 Å². The Morgan fingerprint density at radius 2 is 1.88 bits per heavy atom. The van der Waals surface area contributed by atoms with Crippen molar-refractivity contribution in [1.29, 1.82) is 0 Å². The average molecular weight is 381 g/mol. The van der Waals surface area contributed by atoms with Crippen LogP contribution >= 0.6 is 12.4 Å². The van der Waals surface area contributed by atoms with Gasteiger partial charge in [-0.2, -0.15) is 8.78 Å². The standard InChI is InChI=1S/C16H22F2N2O4.ClH/c1-16(2,3)13(19)14(21)20(4)7-9-5-11-12(23-8-22-11)6-10(9)24-15(17)18;/h5-6,13,15H,7-8,19H2,1-4H3;1H/t13-;/m1./s1. The summed E-state index contributed by atoms with van der Waals surface area (Å²) in [5, 5.41) is 0. The highest BCUT2D eigenvalue weighted by atomic mass is 35.5. The summed E-state index contributed by atoms with van der Waals surface area (Å²) < 4.78 is 40.2. The molecule has 0 aliphatic carbocycles. The molecule has 1 aromatic carbocycles. The van der Waals surface area contributed by atoms with Gasteiger partial charge in [0.2, 0.25) is 12.7 Å². The molecule has 1 atom stereocenters. The molecule has 1 heterocycles. The van der Waals surface area contributed by atoms with E-state index in [0.29, 0.717) is 17.1 Å². The fourth-order valence-electron chi connectivity index (χ4n) is 2.24. The van der Waals surface area contributed by atoms with E-state index >= 15 is 0 Å². The number of amides is 1. The zero-order chi connectivity index (χ0) is 18.1. The van der Waals surface area contributed by atoms with Gasteiger partial charge < -0.3 is 24.8 Å². The van der Waals surface area contributed by atoms with Crippen LogP contribution in [0.5, 0.6) is 17.2 Å². The van der Waals surface area contributed by atoms with Crippen molar-refractivity contribution < 1.29 is 27.8 Å². The van der Waals surface area contributed by atoms with E-state index < -0.39 is 18.1 Å². The van der Waals surface area contributed by atoms with E-state index in [1.54, 1.807) is 7.05 Å². The van der Waals surface area contributed by atoms with Crippen molar-refractivity contribution in [2.45, 2.75) is 40.0 Å². The molecule has 0 saturated heterocycles. The van der Waals surface area contributed by atoms with Crippen molar-refractivity contribution in [2.24, 2.45) is 11.1 Å². The van der Waals surface area contributed by atoms with Crippen molar-refractivity contribution in [2.75, 3.05) is 13.8 Å². The largest absolute Gasteiger partial charge is 0.454 e. The van der Waals surface area contributed by atoms with Crippen molar-refractivity contribution >= 4 is 18.3 Å². The average Bonchev–Trinajstić information content (AvgIpc) is 2.91. The molecule has 0 fully saturated rings. The lowest BCUT2D eigenvalue weighted by molar-refractivity contribution is -0.134. The van der Waals surface area contributed by atoms with Gasteiger partial charge in [-0.25, -0.2) is 0 Å². The Kier molecular flexibility index (Phi) is 6.84. The van der Waals surface area contributed by atoms with E-state index in [1.165, 1.54) is 17.0 Å². The fraction of sp³-hybridized carbons (Fsp3) is 0.562. The molecule has 1 aromatic rings. The number of benzene rings is 1. The summed E-state index contributed by atoms with van der Waals surface area (Å²) in [7, 11) is 1.56. The Morgan fingerprint density at radius 3 is 2.40 bits per heavy atom. The van der Waals surface area contributed by atoms with Crippen LogP contribution in [0.25, 0.3) is 0 Å². The predicted molar refractivity (Wildman–Crippen MR) is 90.3 cm³/mol. The zero-order valence-electron chi connectivity index (χ0n) is 14.5. The van der Waals surface area contributed by atoms with Crippen LogP contribution in [0.2, 0.25) is 0 Å². The number of carbonyl (C=O) groups excluding carboxylic acids is 1. The fourth-order valence-corrected chi connectivity index (χ4v) is 2.24. The SMILES string of the molecule is CN(Cc1cc2c(cc1OC(F)F)OCO2)C(=O)[C@@H](N)C(C)(C)C.Cl. The Morgan fingerprint density at radius 1 is 1.32 bits per heavy atom. The van der Waals surface area contributed by atoms with Gasteiger partial charge in [0.25, 0.3) is 0 Å². The van der Waals surface area contributed by atoms with Gasteiger partial charge in [-0.3, -0.25) is 4.79 Å². The molecule has 0 radical (unpaired) electrons. The molecule has 2 rings (SSSR count). The maximum atomic E-state index is 12.6. The van der Waals surface area contributed by atoms with Gasteiger partial charge in [-0.1, -0.05) is 20.8 Å². The number of rotatable bonds is 5. The smallest absolute Gasteiger partial charge is 0.387 e. The third-order valence-corrected chi connectivity index (χ3v) is 3.75. The molecule has 0 spiro atoms. The summed E-state index contributed by atoms with van der Waals surface area (Å²) in [4.78, 5) is 13.8. The maximum Gasteiger partial charge on any atom is 0.387 e. The molecular formula is C16H23ClF2N2O4. The van der Waals surface area contributed by atoms with E-state index in [2.05, 4.69) is 4.74 Å². The molecule has 9 heteroatoms. The second-order valence-electron chi connectivity index (χ2n) is 6.73. The monoisotopic (exact) mass is 380 g/mol. The van der Waals surface area contributed by atoms with E-state index in [4.69, 9.17) is 15.2 Å². The molecule has 1 aliphatic rings. The molecule has 0 bridgehead atoms. The summed E-state index contributed by atoms with van der Waals surface area (Å²) in [6, 6.07) is 2.16. The van der Waals surface area contributed by atoms with E-state index in [1.807, 2.05) is 20.8 Å². The molecule has 2 N–H and O–H groups in total. The number of fused-ring (bicyclic) bond motifs is 1. The number of nitrogens with two attached hydrogens (primary N) is 1. The number of ether oxygens (including phenoxy) is 3. The highest BCUT2D eigenvalue weighted by Gasteiger charge is 2.30. The number of carbonyl (C=O) groups is 1. The second kappa shape index (κ2) is 8.05. The minimum atomic E-state index is -2.98. The van der Waals surface area contributed by atoms with E-state index in [-0.39, 0.29) is 37.4 Å². The summed E-state index contributed by atoms with van der Waals surface area (Å²) in [6.07, 6.45) is 0. The summed E-state index contributed by atoms with van der Waals surface area (Å²) in [5.74, 6) is 0.406. The van der Waals surface area contributed by atoms with Crippen LogP contribution < -0.4 is 19.9 Å². The highest BCUT2D eigenvalue weighted by Crippen LogP contribution is 2.39. The van der Waals surface area contributed by atoms with Crippen molar-refractivity contribution in [3.05, 3.63) is 17.7 Å². The Bertz CT molecular complexity index is 623. The first-order valence-corrected chi connectivity index (χ1v) is 7.47. The maximum absolute atomic E-state index is 12.6. The molecular weight excluding hydrogens is 358 g/mol. The van der Waals surface area contributed by atoms with Crippen LogP contribution in [0.3, 0.4) is 0 Å². The summed E-state index contributed by atoms with van der Waals surface area (Å²) >= 11 is 0. The van der Waals surface area contributed by atoms with Crippen molar-refractivity contribution in [3.63, 3.8) is 0 Å². The van der Waals surface area contributed by atoms with Crippen LogP contribution in [-0.4, -0.2) is 37.3 Å². The molecule has 0 aromatic heterocycles. The normalized spacial score (nSPS) is 14.1. The first kappa shape index (κ1) is 21.2. The summed E-state index contributed by atoms with van der Waals surface area (Å²) in [5.41, 5.74) is 5.94. The number of likely N-dealkylation sites (N-methyl/N-ethyl adjacent to an activating group) is 1. The van der Waals surface area contributed by atoms with Gasteiger partial charge in [-0.15, -0.1) is 12.4 Å². The van der Waals surface area contributed by atoms with Gasteiger partial charge in [0.15, 0.2) is 11.5 Å². The van der Waals surface area contributed by atoms with Crippen molar-refractivity contribution in [3.8, 4) is 17.2 Å². The third-order valence-electron chi connectivity index (χ3n) is 3.75. The lowest BCUT2D eigenvalue weighted by atomic mass is 9.86. The molecule has 1 amide bonds. The third kappa shape index (κ3) is 5.09. The topological polar surface area (TPSA) is 74.0 Å². The van der Waals surface area contributed by atoms with Gasteiger partial charge in [0, 0.05) is 25.2 Å². The molecule has 142 valence electrons. The van der Waals surface area contributed by atoms with Gasteiger partial charge >= 0.3 is 6.61 Å². The minimum Gasteiger partial charge on any atom is -0.454 e. The van der Waals surface area contributed by atoms with Crippen LogP contribution in [0.1, 0.15) is 26.3 Å². The Labute approximate surface area is 151 Å². The van der Waals surface area contributed by atoms with E-state index in [9.17, 15) is 13.6 Å². The lowest BCUT2D eigenvalue weighted by Gasteiger charge is -2.30. The van der Waals surface area contributed by atoms with Gasteiger partial charge in [0.1, 0.15) is 5.75 Å². The molecule has 0 unspecified atom stereocenters. The Balaban J connectivity index is 0.00000312.